The summed E-state index contributed by atoms with van der Waals surface area (Å²) in [7, 11) is 0. The molecule has 96 valence electrons. The molecule has 19 heavy (non-hydrogen) atoms. The Kier molecular flexibility index (Phi) is 3.72. The van der Waals surface area contributed by atoms with Gasteiger partial charge in [0.25, 0.3) is 5.91 Å². The van der Waals surface area contributed by atoms with E-state index in [2.05, 4.69) is 5.92 Å². The molecule has 0 saturated carbocycles. The summed E-state index contributed by atoms with van der Waals surface area (Å²) in [6, 6.07) is 9.20. The number of anilines is 1. The number of carbonyl (C=O) groups is 1. The fraction of sp³-hybridized carbons (Fsp3) is 0.188. The van der Waals surface area contributed by atoms with Crippen molar-refractivity contribution in [2.24, 2.45) is 0 Å². The molecule has 0 bridgehead atoms. The van der Waals surface area contributed by atoms with E-state index in [1.54, 1.807) is 17.0 Å². The van der Waals surface area contributed by atoms with Crippen LogP contribution >= 0.6 is 0 Å². The molecule has 1 amide bonds. The lowest BCUT2D eigenvalue weighted by Crippen LogP contribution is -2.32. The van der Waals surface area contributed by atoms with Gasteiger partial charge in [-0.15, -0.1) is 6.42 Å². The molecule has 0 aliphatic rings. The van der Waals surface area contributed by atoms with Gasteiger partial charge in [0, 0.05) is 0 Å². The predicted molar refractivity (Wildman–Crippen MR) is 75.1 cm³/mol. The highest BCUT2D eigenvalue weighted by Crippen LogP contribution is 2.26. The topological polar surface area (TPSA) is 33.5 Å². The minimum Gasteiger partial charge on any atom is -0.459 e. The summed E-state index contributed by atoms with van der Waals surface area (Å²) in [4.78, 5) is 14.0. The molecule has 0 N–H and O–H groups in total. The van der Waals surface area contributed by atoms with Crippen LogP contribution in [0.2, 0.25) is 0 Å². The van der Waals surface area contributed by atoms with Crippen LogP contribution in [0.4, 0.5) is 5.69 Å². The molecule has 3 nitrogen and oxygen atoms in total. The van der Waals surface area contributed by atoms with E-state index in [4.69, 9.17) is 10.8 Å². The summed E-state index contributed by atoms with van der Waals surface area (Å²) < 4.78 is 5.16. The van der Waals surface area contributed by atoms with Gasteiger partial charge in [0.2, 0.25) is 0 Å². The molecule has 2 rings (SSSR count). The van der Waals surface area contributed by atoms with Gasteiger partial charge in [-0.25, -0.2) is 0 Å². The monoisotopic (exact) mass is 253 g/mol. The molecular weight excluding hydrogens is 238 g/mol. The standard InChI is InChI=1S/C16H15NO2/c1-4-10-17(16(18)14-9-6-11-19-14)15-12(2)7-5-8-13(15)3/h1,5-9,11H,10H2,2-3H3. The minimum absolute atomic E-state index is 0.214. The normalized spacial score (nSPS) is 9.95. The third-order valence-electron chi connectivity index (χ3n) is 2.94. The number of carbonyl (C=O) groups excluding carboxylic acids is 1. The number of terminal acetylenes is 1. The summed E-state index contributed by atoms with van der Waals surface area (Å²) in [5.74, 6) is 2.59. The number of hydrogen-bond acceptors (Lipinski definition) is 2. The SMILES string of the molecule is C#CCN(C(=O)c1ccco1)c1c(C)cccc1C. The lowest BCUT2D eigenvalue weighted by molar-refractivity contribution is 0.0963. The first-order valence-electron chi connectivity index (χ1n) is 6.00. The lowest BCUT2D eigenvalue weighted by Gasteiger charge is -2.23. The van der Waals surface area contributed by atoms with Crippen molar-refractivity contribution in [2.75, 3.05) is 11.4 Å². The van der Waals surface area contributed by atoms with E-state index in [1.807, 2.05) is 32.0 Å². The van der Waals surface area contributed by atoms with E-state index in [0.29, 0.717) is 0 Å². The molecule has 1 heterocycles. The molecule has 0 aliphatic carbocycles. The fourth-order valence-corrected chi connectivity index (χ4v) is 2.11. The number of furan rings is 1. The highest BCUT2D eigenvalue weighted by molar-refractivity contribution is 6.05. The van der Waals surface area contributed by atoms with Gasteiger partial charge >= 0.3 is 0 Å². The third-order valence-corrected chi connectivity index (χ3v) is 2.94. The number of hydrogen-bond donors (Lipinski definition) is 0. The molecule has 0 unspecified atom stereocenters. The minimum atomic E-state index is -0.222. The van der Waals surface area contributed by atoms with E-state index in [0.717, 1.165) is 16.8 Å². The van der Waals surface area contributed by atoms with Crippen LogP contribution in [0, 0.1) is 26.2 Å². The van der Waals surface area contributed by atoms with Crippen LogP contribution in [-0.4, -0.2) is 12.5 Å². The first-order valence-corrected chi connectivity index (χ1v) is 6.00. The second-order valence-corrected chi connectivity index (χ2v) is 4.31. The van der Waals surface area contributed by atoms with Crippen LogP contribution < -0.4 is 4.90 Å². The van der Waals surface area contributed by atoms with Gasteiger partial charge in [-0.1, -0.05) is 24.1 Å². The number of nitrogens with zero attached hydrogens (tertiary/aromatic N) is 1. The van der Waals surface area contributed by atoms with Crippen LogP contribution in [0.15, 0.2) is 41.0 Å². The Hall–Kier alpha value is -2.47. The van der Waals surface area contributed by atoms with Gasteiger partial charge in [-0.3, -0.25) is 9.69 Å². The van der Waals surface area contributed by atoms with Crippen molar-refractivity contribution in [3.05, 3.63) is 53.5 Å². The Morgan fingerprint density at radius 3 is 2.47 bits per heavy atom. The van der Waals surface area contributed by atoms with Gasteiger partial charge in [-0.2, -0.15) is 0 Å². The van der Waals surface area contributed by atoms with Crippen LogP contribution in [0.1, 0.15) is 21.7 Å². The maximum atomic E-state index is 12.4. The van der Waals surface area contributed by atoms with Crippen molar-refractivity contribution in [3.8, 4) is 12.3 Å². The Bertz CT molecular complexity index is 600. The molecule has 3 heteroatoms. The van der Waals surface area contributed by atoms with Crippen molar-refractivity contribution in [1.82, 2.24) is 0 Å². The van der Waals surface area contributed by atoms with Crippen molar-refractivity contribution in [3.63, 3.8) is 0 Å². The van der Waals surface area contributed by atoms with E-state index >= 15 is 0 Å². The smallest absolute Gasteiger partial charge is 0.294 e. The average Bonchev–Trinajstić information content (AvgIpc) is 2.90. The Morgan fingerprint density at radius 1 is 1.26 bits per heavy atom. The number of benzene rings is 1. The molecule has 0 aliphatic heterocycles. The van der Waals surface area contributed by atoms with E-state index < -0.39 is 0 Å². The molecule has 1 aromatic carbocycles. The van der Waals surface area contributed by atoms with Crippen LogP contribution in [0.3, 0.4) is 0 Å². The number of para-hydroxylation sites is 1. The molecule has 0 fully saturated rings. The van der Waals surface area contributed by atoms with E-state index in [-0.39, 0.29) is 18.2 Å². The van der Waals surface area contributed by atoms with Crippen molar-refractivity contribution in [2.45, 2.75) is 13.8 Å². The van der Waals surface area contributed by atoms with Gasteiger partial charge in [-0.05, 0) is 37.1 Å². The summed E-state index contributed by atoms with van der Waals surface area (Å²) in [5.41, 5.74) is 2.87. The molecule has 0 spiro atoms. The maximum absolute atomic E-state index is 12.4. The Labute approximate surface area is 112 Å². The molecule has 0 radical (unpaired) electrons. The Balaban J connectivity index is 2.47. The molecule has 0 atom stereocenters. The maximum Gasteiger partial charge on any atom is 0.294 e. The largest absolute Gasteiger partial charge is 0.459 e. The van der Waals surface area contributed by atoms with Crippen LogP contribution in [0.25, 0.3) is 0 Å². The van der Waals surface area contributed by atoms with Gasteiger partial charge < -0.3 is 4.42 Å². The van der Waals surface area contributed by atoms with Gasteiger partial charge in [0.15, 0.2) is 5.76 Å². The predicted octanol–water partition coefficient (Wildman–Crippen LogP) is 3.18. The zero-order chi connectivity index (χ0) is 13.8. The second kappa shape index (κ2) is 5.45. The zero-order valence-electron chi connectivity index (χ0n) is 11.0. The Morgan fingerprint density at radius 2 is 1.95 bits per heavy atom. The quantitative estimate of drug-likeness (QED) is 0.787. The van der Waals surface area contributed by atoms with E-state index in [1.165, 1.54) is 6.26 Å². The second-order valence-electron chi connectivity index (χ2n) is 4.31. The van der Waals surface area contributed by atoms with Gasteiger partial charge in [0.1, 0.15) is 0 Å². The van der Waals surface area contributed by atoms with Crippen LogP contribution in [0.5, 0.6) is 0 Å². The summed E-state index contributed by atoms with van der Waals surface area (Å²) in [5, 5.41) is 0. The zero-order valence-corrected chi connectivity index (χ0v) is 11.0. The summed E-state index contributed by atoms with van der Waals surface area (Å²) >= 11 is 0. The van der Waals surface area contributed by atoms with Crippen LogP contribution in [-0.2, 0) is 0 Å². The molecular formula is C16H15NO2. The van der Waals surface area contributed by atoms with Crippen molar-refractivity contribution in [1.29, 1.82) is 0 Å². The fourth-order valence-electron chi connectivity index (χ4n) is 2.11. The molecule has 0 saturated heterocycles. The lowest BCUT2D eigenvalue weighted by atomic mass is 10.1. The summed E-state index contributed by atoms with van der Waals surface area (Å²) in [6.07, 6.45) is 6.86. The number of aryl methyl sites for hydroxylation is 2. The number of amides is 1. The highest BCUT2D eigenvalue weighted by atomic mass is 16.3. The average molecular weight is 253 g/mol. The number of rotatable bonds is 3. The third kappa shape index (κ3) is 2.53. The first kappa shape index (κ1) is 13.0. The van der Waals surface area contributed by atoms with Crippen molar-refractivity contribution >= 4 is 11.6 Å². The highest BCUT2D eigenvalue weighted by Gasteiger charge is 2.21. The van der Waals surface area contributed by atoms with Gasteiger partial charge in [0.05, 0.1) is 18.5 Å². The summed E-state index contributed by atoms with van der Waals surface area (Å²) in [6.45, 7) is 4.13. The molecule has 1 aromatic heterocycles. The molecule has 2 aromatic rings. The first-order chi connectivity index (χ1) is 9.15. The van der Waals surface area contributed by atoms with E-state index in [9.17, 15) is 4.79 Å². The van der Waals surface area contributed by atoms with Crippen molar-refractivity contribution < 1.29 is 9.21 Å².